The van der Waals surface area contributed by atoms with Gasteiger partial charge in [-0.2, -0.15) is 5.10 Å². The van der Waals surface area contributed by atoms with Gasteiger partial charge < -0.3 is 10.2 Å². The smallest absolute Gasteiger partial charge is 0.151 e. The minimum Gasteiger partial charge on any atom is -0.352 e. The maximum Gasteiger partial charge on any atom is 0.151 e. The van der Waals surface area contributed by atoms with Crippen molar-refractivity contribution in [2.24, 2.45) is 0 Å². The molecule has 2 rings (SSSR count). The topological polar surface area (TPSA) is 41.0 Å². The summed E-state index contributed by atoms with van der Waals surface area (Å²) in [6.45, 7) is 4.00. The Kier molecular flexibility index (Phi) is 4.31. The molecule has 1 aliphatic carbocycles. The van der Waals surface area contributed by atoms with Crippen LogP contribution in [0.2, 0.25) is 0 Å². The van der Waals surface area contributed by atoms with Crippen molar-refractivity contribution in [3.8, 4) is 0 Å². The molecule has 4 heteroatoms. The van der Waals surface area contributed by atoms with Crippen molar-refractivity contribution in [2.45, 2.75) is 45.2 Å². The molecule has 1 fully saturated rings. The van der Waals surface area contributed by atoms with Crippen LogP contribution in [0.5, 0.6) is 0 Å². The average molecular weight is 234 g/mol. The molecule has 0 radical (unpaired) electrons. The molecule has 0 spiro atoms. The maximum atomic E-state index is 4.35. The summed E-state index contributed by atoms with van der Waals surface area (Å²) in [7, 11) is 1.92. The van der Waals surface area contributed by atoms with Crippen molar-refractivity contribution in [1.82, 2.24) is 15.5 Å². The summed E-state index contributed by atoms with van der Waals surface area (Å²) in [6, 6.07) is 4.84. The van der Waals surface area contributed by atoms with E-state index in [0.717, 1.165) is 24.6 Å². The van der Waals surface area contributed by atoms with Crippen molar-refractivity contribution in [3.05, 3.63) is 17.8 Å². The van der Waals surface area contributed by atoms with E-state index in [9.17, 15) is 0 Å². The van der Waals surface area contributed by atoms with Gasteiger partial charge in [0.2, 0.25) is 0 Å². The van der Waals surface area contributed by atoms with Crippen molar-refractivity contribution in [1.29, 1.82) is 0 Å². The largest absolute Gasteiger partial charge is 0.352 e. The number of hydrogen-bond acceptors (Lipinski definition) is 4. The molecule has 0 aromatic carbocycles. The summed E-state index contributed by atoms with van der Waals surface area (Å²) in [4.78, 5) is 2.39. The van der Waals surface area contributed by atoms with E-state index < -0.39 is 0 Å². The summed E-state index contributed by atoms with van der Waals surface area (Å²) in [5.74, 6) is 1.03. The molecule has 0 saturated heterocycles. The van der Waals surface area contributed by atoms with Crippen LogP contribution < -0.4 is 10.2 Å². The summed E-state index contributed by atoms with van der Waals surface area (Å²) in [6.07, 6.45) is 5.31. The zero-order chi connectivity index (χ0) is 12.1. The number of nitrogens with zero attached hydrogens (tertiary/aromatic N) is 3. The summed E-state index contributed by atoms with van der Waals surface area (Å²) in [5.41, 5.74) is 0.999. The third-order valence-corrected chi connectivity index (χ3v) is 3.46. The lowest BCUT2D eigenvalue weighted by Gasteiger charge is -2.28. The van der Waals surface area contributed by atoms with Gasteiger partial charge in [-0.1, -0.05) is 12.8 Å². The molecule has 0 bridgehead atoms. The third kappa shape index (κ3) is 2.94. The van der Waals surface area contributed by atoms with Gasteiger partial charge in [-0.05, 0) is 38.9 Å². The molecule has 4 nitrogen and oxygen atoms in total. The van der Waals surface area contributed by atoms with E-state index in [1.54, 1.807) is 0 Å². The fraction of sp³-hybridized carbons (Fsp3) is 0.692. The first-order chi connectivity index (χ1) is 8.35. The van der Waals surface area contributed by atoms with Gasteiger partial charge in [-0.15, -0.1) is 5.10 Å². The van der Waals surface area contributed by atoms with Gasteiger partial charge in [-0.25, -0.2) is 0 Å². The van der Waals surface area contributed by atoms with Gasteiger partial charge >= 0.3 is 0 Å². The first-order valence-corrected chi connectivity index (χ1v) is 6.59. The van der Waals surface area contributed by atoms with E-state index in [2.05, 4.69) is 39.5 Å². The number of aromatic nitrogens is 2. The van der Waals surface area contributed by atoms with Crippen LogP contribution >= 0.6 is 0 Å². The Morgan fingerprint density at radius 3 is 2.59 bits per heavy atom. The lowest BCUT2D eigenvalue weighted by molar-refractivity contribution is 0.607. The van der Waals surface area contributed by atoms with Crippen LogP contribution in [0, 0.1) is 0 Å². The molecule has 0 amide bonds. The van der Waals surface area contributed by atoms with Crippen LogP contribution in [0.25, 0.3) is 0 Å². The SMILES string of the molecule is CCN(c1ccc(CNC)nn1)C1CCCC1. The van der Waals surface area contributed by atoms with Gasteiger partial charge in [0.25, 0.3) is 0 Å². The Hall–Kier alpha value is -1.16. The summed E-state index contributed by atoms with van der Waals surface area (Å²) >= 11 is 0. The van der Waals surface area contributed by atoms with E-state index >= 15 is 0 Å². The molecule has 1 saturated carbocycles. The van der Waals surface area contributed by atoms with Gasteiger partial charge in [0, 0.05) is 19.1 Å². The van der Waals surface area contributed by atoms with Crippen molar-refractivity contribution in [3.63, 3.8) is 0 Å². The predicted octanol–water partition coefficient (Wildman–Crippen LogP) is 1.96. The first-order valence-electron chi connectivity index (χ1n) is 6.59. The molecule has 1 heterocycles. The van der Waals surface area contributed by atoms with Gasteiger partial charge in [-0.3, -0.25) is 0 Å². The van der Waals surface area contributed by atoms with Crippen molar-refractivity contribution in [2.75, 3.05) is 18.5 Å². The van der Waals surface area contributed by atoms with Gasteiger partial charge in [0.05, 0.1) is 5.69 Å². The van der Waals surface area contributed by atoms with Crippen LogP contribution in [-0.4, -0.2) is 29.8 Å². The Balaban J connectivity index is 2.07. The van der Waals surface area contributed by atoms with Crippen LogP contribution in [0.1, 0.15) is 38.3 Å². The van der Waals surface area contributed by atoms with Crippen LogP contribution in [0.4, 0.5) is 5.82 Å². The van der Waals surface area contributed by atoms with Crippen molar-refractivity contribution < 1.29 is 0 Å². The molecular formula is C13H22N4. The Morgan fingerprint density at radius 2 is 2.06 bits per heavy atom. The highest BCUT2D eigenvalue weighted by Crippen LogP contribution is 2.26. The van der Waals surface area contributed by atoms with E-state index in [4.69, 9.17) is 0 Å². The minimum absolute atomic E-state index is 0.671. The molecule has 0 aliphatic heterocycles. The van der Waals surface area contributed by atoms with Gasteiger partial charge in [0.1, 0.15) is 0 Å². The summed E-state index contributed by atoms with van der Waals surface area (Å²) < 4.78 is 0. The second-order valence-corrected chi connectivity index (χ2v) is 4.64. The average Bonchev–Trinajstić information content (AvgIpc) is 2.86. The van der Waals surface area contributed by atoms with E-state index in [0.29, 0.717) is 6.04 Å². The fourth-order valence-electron chi connectivity index (χ4n) is 2.60. The number of rotatable bonds is 5. The Labute approximate surface area is 103 Å². The molecular weight excluding hydrogens is 212 g/mol. The number of anilines is 1. The van der Waals surface area contributed by atoms with Gasteiger partial charge in [0.15, 0.2) is 5.82 Å². The third-order valence-electron chi connectivity index (χ3n) is 3.46. The standard InChI is InChI=1S/C13H22N4/c1-3-17(12-6-4-5-7-12)13-9-8-11(10-14-2)15-16-13/h8-9,12,14H,3-7,10H2,1-2H3. The molecule has 94 valence electrons. The lowest BCUT2D eigenvalue weighted by atomic mass is 10.2. The monoisotopic (exact) mass is 234 g/mol. The molecule has 1 aliphatic rings. The zero-order valence-corrected chi connectivity index (χ0v) is 10.8. The molecule has 0 atom stereocenters. The fourth-order valence-corrected chi connectivity index (χ4v) is 2.60. The first kappa shape index (κ1) is 12.3. The predicted molar refractivity (Wildman–Crippen MR) is 70.1 cm³/mol. The molecule has 17 heavy (non-hydrogen) atoms. The minimum atomic E-state index is 0.671. The zero-order valence-electron chi connectivity index (χ0n) is 10.8. The molecule has 1 aromatic heterocycles. The molecule has 0 unspecified atom stereocenters. The summed E-state index contributed by atoms with van der Waals surface area (Å²) in [5, 5.41) is 11.7. The highest BCUT2D eigenvalue weighted by molar-refractivity contribution is 5.38. The van der Waals surface area contributed by atoms with Crippen LogP contribution in [0.15, 0.2) is 12.1 Å². The Morgan fingerprint density at radius 1 is 1.29 bits per heavy atom. The molecule has 1 aromatic rings. The Bertz CT molecular complexity index is 330. The second-order valence-electron chi connectivity index (χ2n) is 4.64. The molecule has 1 N–H and O–H groups in total. The van der Waals surface area contributed by atoms with Crippen LogP contribution in [-0.2, 0) is 6.54 Å². The highest BCUT2D eigenvalue weighted by atomic mass is 15.3. The van der Waals surface area contributed by atoms with E-state index in [-0.39, 0.29) is 0 Å². The van der Waals surface area contributed by atoms with Crippen LogP contribution in [0.3, 0.4) is 0 Å². The highest BCUT2D eigenvalue weighted by Gasteiger charge is 2.22. The number of hydrogen-bond donors (Lipinski definition) is 1. The maximum absolute atomic E-state index is 4.35. The normalized spacial score (nSPS) is 16.4. The van der Waals surface area contributed by atoms with Crippen molar-refractivity contribution >= 4 is 5.82 Å². The number of nitrogens with one attached hydrogen (secondary N) is 1. The van der Waals surface area contributed by atoms with E-state index in [1.807, 2.05) is 7.05 Å². The quantitative estimate of drug-likeness (QED) is 0.845. The lowest BCUT2D eigenvalue weighted by Crippen LogP contribution is -2.33. The second kappa shape index (κ2) is 5.96. The van der Waals surface area contributed by atoms with E-state index in [1.165, 1.54) is 25.7 Å².